The predicted octanol–water partition coefficient (Wildman–Crippen LogP) is 3.89. The molecule has 1 aliphatic rings. The zero-order chi connectivity index (χ0) is 22.7. The topological polar surface area (TPSA) is 95.9 Å². The molecule has 0 aromatic heterocycles. The number of anilines is 1. The maximum Gasteiger partial charge on any atom is 0.407 e. The van der Waals surface area contributed by atoms with Crippen LogP contribution in [-0.2, 0) is 9.53 Å². The minimum atomic E-state index is -1.04. The summed E-state index contributed by atoms with van der Waals surface area (Å²) in [4.78, 5) is 36.9. The number of likely N-dealkylation sites (N-methyl/N-ethyl adjacent to an activating group) is 1. The summed E-state index contributed by atoms with van der Waals surface area (Å²) in [7, 11) is 1.55. The Balaban J connectivity index is 1.33. The minimum absolute atomic E-state index is 0.0562. The summed E-state index contributed by atoms with van der Waals surface area (Å²) in [5.41, 5.74) is 5.16. The van der Waals surface area contributed by atoms with Crippen LogP contribution in [0.1, 0.15) is 27.4 Å². The zero-order valence-corrected chi connectivity index (χ0v) is 17.4. The van der Waals surface area contributed by atoms with Gasteiger partial charge in [-0.2, -0.15) is 0 Å². The lowest BCUT2D eigenvalue weighted by Gasteiger charge is -2.18. The number of rotatable bonds is 6. The van der Waals surface area contributed by atoms with Crippen molar-refractivity contribution in [2.45, 2.75) is 5.92 Å². The second-order valence-corrected chi connectivity index (χ2v) is 7.48. The molecule has 4 rings (SSSR count). The van der Waals surface area contributed by atoms with Crippen molar-refractivity contribution < 1.29 is 24.2 Å². The van der Waals surface area contributed by atoms with E-state index >= 15 is 0 Å². The first kappa shape index (κ1) is 21.1. The molecule has 0 fully saturated rings. The van der Waals surface area contributed by atoms with Gasteiger partial charge < -0.3 is 20.1 Å². The lowest BCUT2D eigenvalue weighted by atomic mass is 9.98. The molecule has 0 saturated carbocycles. The van der Waals surface area contributed by atoms with Crippen LogP contribution in [0.25, 0.3) is 11.1 Å². The Bertz CT molecular complexity index is 1130. The second kappa shape index (κ2) is 8.93. The van der Waals surface area contributed by atoms with E-state index in [0.717, 1.165) is 22.3 Å². The molecule has 2 N–H and O–H groups in total. The molecule has 7 nitrogen and oxygen atoms in total. The normalized spacial score (nSPS) is 11.9. The lowest BCUT2D eigenvalue weighted by Crippen LogP contribution is -2.38. The van der Waals surface area contributed by atoms with Gasteiger partial charge in [0.1, 0.15) is 13.2 Å². The molecular weight excluding hydrogens is 408 g/mol. The third-order valence-electron chi connectivity index (χ3n) is 5.60. The van der Waals surface area contributed by atoms with Crippen LogP contribution >= 0.6 is 0 Å². The number of nitrogens with one attached hydrogen (secondary N) is 1. The zero-order valence-electron chi connectivity index (χ0n) is 17.4. The van der Waals surface area contributed by atoms with Gasteiger partial charge in [0.05, 0.1) is 5.56 Å². The van der Waals surface area contributed by atoms with E-state index in [1.807, 2.05) is 36.4 Å². The Morgan fingerprint density at radius 2 is 1.47 bits per heavy atom. The number of hydrogen-bond acceptors (Lipinski definition) is 4. The molecule has 0 saturated heterocycles. The van der Waals surface area contributed by atoms with Gasteiger partial charge in [-0.05, 0) is 46.5 Å². The van der Waals surface area contributed by atoms with Crippen LogP contribution < -0.4 is 10.2 Å². The molecular formula is C25H22N2O5. The molecule has 0 radical (unpaired) electrons. The third kappa shape index (κ3) is 4.18. The van der Waals surface area contributed by atoms with Gasteiger partial charge in [-0.15, -0.1) is 0 Å². The van der Waals surface area contributed by atoms with Crippen molar-refractivity contribution >= 4 is 23.7 Å². The second-order valence-electron chi connectivity index (χ2n) is 7.48. The molecule has 0 atom stereocenters. The number of benzene rings is 3. The maximum absolute atomic E-state index is 12.4. The van der Waals surface area contributed by atoms with Crippen molar-refractivity contribution in [3.63, 3.8) is 0 Å². The Morgan fingerprint density at radius 1 is 0.906 bits per heavy atom. The summed E-state index contributed by atoms with van der Waals surface area (Å²) in [6.07, 6.45) is -0.671. The predicted molar refractivity (Wildman–Crippen MR) is 120 cm³/mol. The highest BCUT2D eigenvalue weighted by molar-refractivity contribution is 5.96. The summed E-state index contributed by atoms with van der Waals surface area (Å²) in [5, 5.41) is 11.5. The van der Waals surface area contributed by atoms with Gasteiger partial charge >= 0.3 is 12.1 Å². The lowest BCUT2D eigenvalue weighted by molar-refractivity contribution is -0.117. The van der Waals surface area contributed by atoms with E-state index in [1.165, 1.54) is 29.2 Å². The molecule has 2 amide bonds. The number of hydrogen-bond donors (Lipinski definition) is 2. The summed E-state index contributed by atoms with van der Waals surface area (Å²) < 4.78 is 5.43. The number of carbonyl (C=O) groups excluding carboxylic acids is 2. The van der Waals surface area contributed by atoms with Gasteiger partial charge in [-0.25, -0.2) is 9.59 Å². The Labute approximate surface area is 185 Å². The van der Waals surface area contributed by atoms with Crippen molar-refractivity contribution in [2.24, 2.45) is 0 Å². The van der Waals surface area contributed by atoms with Gasteiger partial charge in [0.2, 0.25) is 5.91 Å². The van der Waals surface area contributed by atoms with Gasteiger partial charge in [-0.1, -0.05) is 48.5 Å². The molecule has 7 heteroatoms. The molecule has 3 aromatic carbocycles. The quantitative estimate of drug-likeness (QED) is 0.619. The fraction of sp³-hybridized carbons (Fsp3) is 0.160. The highest BCUT2D eigenvalue weighted by Gasteiger charge is 2.29. The Kier molecular flexibility index (Phi) is 5.89. The summed E-state index contributed by atoms with van der Waals surface area (Å²) in [5.74, 6) is -1.46. The fourth-order valence-corrected chi connectivity index (χ4v) is 3.89. The molecule has 162 valence electrons. The number of carboxylic acid groups (broad SMARTS) is 1. The van der Waals surface area contributed by atoms with Crippen LogP contribution in [0.3, 0.4) is 0 Å². The van der Waals surface area contributed by atoms with E-state index in [4.69, 9.17) is 9.84 Å². The van der Waals surface area contributed by atoms with Crippen LogP contribution in [0, 0.1) is 0 Å². The molecule has 0 unspecified atom stereocenters. The number of nitrogens with zero attached hydrogens (tertiary/aromatic N) is 1. The molecule has 0 spiro atoms. The molecule has 1 aliphatic carbocycles. The van der Waals surface area contributed by atoms with E-state index in [9.17, 15) is 14.4 Å². The Hall–Kier alpha value is -4.13. The van der Waals surface area contributed by atoms with E-state index in [-0.39, 0.29) is 30.5 Å². The third-order valence-corrected chi connectivity index (χ3v) is 5.60. The number of carbonyl (C=O) groups is 3. The average molecular weight is 430 g/mol. The summed E-state index contributed by atoms with van der Waals surface area (Å²) >= 11 is 0. The monoisotopic (exact) mass is 430 g/mol. The van der Waals surface area contributed by atoms with Crippen molar-refractivity contribution in [1.82, 2.24) is 5.32 Å². The smallest absolute Gasteiger partial charge is 0.407 e. The number of carboxylic acids is 1. The van der Waals surface area contributed by atoms with Crippen molar-refractivity contribution in [2.75, 3.05) is 25.1 Å². The largest absolute Gasteiger partial charge is 0.478 e. The van der Waals surface area contributed by atoms with Crippen molar-refractivity contribution in [1.29, 1.82) is 0 Å². The van der Waals surface area contributed by atoms with Crippen molar-refractivity contribution in [3.05, 3.63) is 89.5 Å². The fourth-order valence-electron chi connectivity index (χ4n) is 3.89. The molecule has 0 bridgehead atoms. The van der Waals surface area contributed by atoms with E-state index in [2.05, 4.69) is 17.4 Å². The molecule has 0 aliphatic heterocycles. The highest BCUT2D eigenvalue weighted by atomic mass is 16.5. The van der Waals surface area contributed by atoms with Crippen LogP contribution in [0.5, 0.6) is 0 Å². The summed E-state index contributed by atoms with van der Waals surface area (Å²) in [6.45, 7) is -0.0750. The van der Waals surface area contributed by atoms with Gasteiger partial charge in [0, 0.05) is 18.7 Å². The van der Waals surface area contributed by atoms with Crippen LogP contribution in [-0.4, -0.2) is 43.3 Å². The molecule has 3 aromatic rings. The van der Waals surface area contributed by atoms with Gasteiger partial charge in [0.25, 0.3) is 0 Å². The number of ether oxygens (including phenoxy) is 1. The van der Waals surface area contributed by atoms with Gasteiger partial charge in [-0.3, -0.25) is 4.79 Å². The van der Waals surface area contributed by atoms with E-state index in [0.29, 0.717) is 5.69 Å². The number of amides is 2. The number of alkyl carbamates (subject to hydrolysis) is 1. The summed E-state index contributed by atoms with van der Waals surface area (Å²) in [6, 6.07) is 22.0. The molecule has 0 heterocycles. The minimum Gasteiger partial charge on any atom is -0.478 e. The first-order valence-corrected chi connectivity index (χ1v) is 10.1. The first-order chi connectivity index (χ1) is 15.5. The van der Waals surface area contributed by atoms with Crippen LogP contribution in [0.2, 0.25) is 0 Å². The molecule has 32 heavy (non-hydrogen) atoms. The first-order valence-electron chi connectivity index (χ1n) is 10.1. The van der Waals surface area contributed by atoms with Crippen molar-refractivity contribution in [3.8, 4) is 11.1 Å². The average Bonchev–Trinajstić information content (AvgIpc) is 3.14. The van der Waals surface area contributed by atoms with E-state index in [1.54, 1.807) is 7.05 Å². The number of fused-ring (bicyclic) bond motifs is 3. The maximum atomic E-state index is 12.4. The van der Waals surface area contributed by atoms with Gasteiger partial charge in [0.15, 0.2) is 0 Å². The standard InChI is InChI=1S/C25H22N2O5/c1-27(17-12-10-16(11-13-17)24(29)30)23(28)14-26-25(31)32-15-22-20-8-4-2-6-18(20)19-7-3-5-9-21(19)22/h2-13,22H,14-15H2,1H3,(H,26,31)(H,29,30). The van der Waals surface area contributed by atoms with E-state index < -0.39 is 12.1 Å². The highest BCUT2D eigenvalue weighted by Crippen LogP contribution is 2.44. The van der Waals surface area contributed by atoms with Crippen LogP contribution in [0.15, 0.2) is 72.8 Å². The SMILES string of the molecule is CN(C(=O)CNC(=O)OCC1c2ccccc2-c2ccccc21)c1ccc(C(=O)O)cc1. The van der Waals surface area contributed by atoms with Crippen LogP contribution in [0.4, 0.5) is 10.5 Å². The Morgan fingerprint density at radius 3 is 2.03 bits per heavy atom. The number of aromatic carboxylic acids is 1.